The number of hydrogen-bond acceptors (Lipinski definition) is 2. The minimum atomic E-state index is -0.612. The molecule has 16 heavy (non-hydrogen) atoms. The third kappa shape index (κ3) is 1.74. The normalized spacial score (nSPS) is 39.8. The maximum Gasteiger partial charge on any atom is 0.308 e. The van der Waals surface area contributed by atoms with Crippen molar-refractivity contribution in [3.05, 3.63) is 0 Å². The lowest BCUT2D eigenvalue weighted by Gasteiger charge is -2.63. The Morgan fingerprint density at radius 1 is 1.31 bits per heavy atom. The van der Waals surface area contributed by atoms with Crippen molar-refractivity contribution >= 4 is 18.4 Å². The quantitative estimate of drug-likeness (QED) is 0.813. The van der Waals surface area contributed by atoms with Crippen molar-refractivity contribution in [3.63, 3.8) is 0 Å². The van der Waals surface area contributed by atoms with Gasteiger partial charge in [-0.3, -0.25) is 4.79 Å². The third-order valence-electron chi connectivity index (χ3n) is 4.82. The van der Waals surface area contributed by atoms with Gasteiger partial charge in [-0.25, -0.2) is 0 Å². The minimum absolute atomic E-state index is 0. The van der Waals surface area contributed by atoms with Crippen LogP contribution < -0.4 is 0 Å². The van der Waals surface area contributed by atoms with Crippen LogP contribution in [0.4, 0.5) is 0 Å². The number of rotatable bonds is 2. The lowest BCUT2D eigenvalue weighted by Crippen LogP contribution is -2.63. The van der Waals surface area contributed by atoms with E-state index in [9.17, 15) is 9.90 Å². The average molecular weight is 248 g/mol. The van der Waals surface area contributed by atoms with Gasteiger partial charge < -0.3 is 10.0 Å². The number of aliphatic carboxylic acids is 1. The molecule has 0 heterocycles. The van der Waals surface area contributed by atoms with E-state index in [0.29, 0.717) is 17.3 Å². The van der Waals surface area contributed by atoms with E-state index in [1.54, 1.807) is 0 Å². The van der Waals surface area contributed by atoms with E-state index in [2.05, 4.69) is 18.7 Å². The maximum absolute atomic E-state index is 11.2. The molecule has 94 valence electrons. The molecule has 0 aromatic rings. The van der Waals surface area contributed by atoms with E-state index in [1.807, 2.05) is 14.1 Å². The predicted molar refractivity (Wildman–Crippen MR) is 65.8 cm³/mol. The maximum atomic E-state index is 11.2. The molecule has 0 aromatic carbocycles. The van der Waals surface area contributed by atoms with Crippen molar-refractivity contribution in [3.8, 4) is 0 Å². The zero-order valence-corrected chi connectivity index (χ0v) is 11.3. The van der Waals surface area contributed by atoms with Crippen LogP contribution in [0.2, 0.25) is 0 Å². The van der Waals surface area contributed by atoms with Gasteiger partial charge in [0, 0.05) is 6.04 Å². The number of halogens is 1. The molecule has 3 fully saturated rings. The van der Waals surface area contributed by atoms with E-state index in [4.69, 9.17) is 0 Å². The van der Waals surface area contributed by atoms with Crippen molar-refractivity contribution in [1.29, 1.82) is 0 Å². The van der Waals surface area contributed by atoms with Crippen LogP contribution in [0.15, 0.2) is 0 Å². The summed E-state index contributed by atoms with van der Waals surface area (Å²) in [5.74, 6) is 0.419. The van der Waals surface area contributed by atoms with Crippen LogP contribution in [0, 0.1) is 23.2 Å². The van der Waals surface area contributed by atoms with Crippen molar-refractivity contribution in [2.45, 2.75) is 32.7 Å². The Morgan fingerprint density at radius 2 is 1.88 bits per heavy atom. The Labute approximate surface area is 104 Å². The van der Waals surface area contributed by atoms with Crippen LogP contribution in [0.3, 0.4) is 0 Å². The first kappa shape index (κ1) is 13.8. The largest absolute Gasteiger partial charge is 0.481 e. The predicted octanol–water partition coefficient (Wildman–Crippen LogP) is 2.11. The Balaban J connectivity index is 0.00000128. The summed E-state index contributed by atoms with van der Waals surface area (Å²) in [6.07, 6.45) is 2.08. The van der Waals surface area contributed by atoms with Crippen LogP contribution >= 0.6 is 12.4 Å². The molecule has 0 saturated heterocycles. The zero-order valence-electron chi connectivity index (χ0n) is 10.4. The molecule has 0 radical (unpaired) electrons. The lowest BCUT2D eigenvalue weighted by molar-refractivity contribution is -0.171. The number of hydrogen-bond donors (Lipinski definition) is 1. The second kappa shape index (κ2) is 4.19. The molecule has 3 saturated carbocycles. The first-order valence-corrected chi connectivity index (χ1v) is 5.75. The highest BCUT2D eigenvalue weighted by atomic mass is 35.5. The molecule has 1 N–H and O–H groups in total. The Bertz CT molecular complexity index is 291. The Hall–Kier alpha value is -0.280. The summed E-state index contributed by atoms with van der Waals surface area (Å²) in [6, 6.07) is 0.225. The van der Waals surface area contributed by atoms with E-state index in [-0.39, 0.29) is 24.4 Å². The van der Waals surface area contributed by atoms with Crippen LogP contribution in [-0.2, 0) is 4.79 Å². The van der Waals surface area contributed by atoms with Gasteiger partial charge in [-0.15, -0.1) is 12.4 Å². The number of carboxylic acids is 1. The second-order valence-corrected chi connectivity index (χ2v) is 6.00. The molecule has 0 amide bonds. The molecular weight excluding hydrogens is 226 g/mol. The molecule has 2 bridgehead atoms. The van der Waals surface area contributed by atoms with Crippen LogP contribution in [0.1, 0.15) is 26.7 Å². The van der Waals surface area contributed by atoms with Crippen molar-refractivity contribution in [2.75, 3.05) is 14.1 Å². The lowest BCUT2D eigenvalue weighted by atomic mass is 9.45. The fourth-order valence-electron chi connectivity index (χ4n) is 3.73. The number of nitrogens with zero attached hydrogens (tertiary/aromatic N) is 1. The monoisotopic (exact) mass is 247 g/mol. The molecule has 4 heteroatoms. The van der Waals surface area contributed by atoms with Crippen molar-refractivity contribution in [1.82, 2.24) is 4.90 Å². The Kier molecular flexibility index (Phi) is 3.61. The summed E-state index contributed by atoms with van der Waals surface area (Å²) in [7, 11) is 4.02. The smallest absolute Gasteiger partial charge is 0.308 e. The molecule has 3 rings (SSSR count). The highest BCUT2D eigenvalue weighted by molar-refractivity contribution is 5.85. The standard InChI is InChI=1S/C12H21NO2.ClH/c1-12(2)7-5-8(11(14)15)10(13(3)4)9(12)6-7;/h7-10H,5-6H2,1-4H3,(H,14,15);1H/t7-,8-,9-,10-;/m1./s1. The summed E-state index contributed by atoms with van der Waals surface area (Å²) in [5, 5.41) is 9.24. The molecular formula is C12H22ClNO2. The van der Waals surface area contributed by atoms with E-state index < -0.39 is 5.97 Å². The van der Waals surface area contributed by atoms with Gasteiger partial charge in [0.05, 0.1) is 5.92 Å². The molecule has 0 aliphatic heterocycles. The van der Waals surface area contributed by atoms with Gasteiger partial charge in [0.25, 0.3) is 0 Å². The highest BCUT2D eigenvalue weighted by Crippen LogP contribution is 2.61. The number of carbonyl (C=O) groups is 1. The molecule has 0 spiro atoms. The van der Waals surface area contributed by atoms with Gasteiger partial charge >= 0.3 is 5.97 Å². The first-order valence-electron chi connectivity index (χ1n) is 5.75. The SMILES string of the molecule is CN(C)[C@H]1[C@H]2C[C@@H](C[C@H]1C(=O)O)C2(C)C.Cl. The number of carboxylic acid groups (broad SMARTS) is 1. The summed E-state index contributed by atoms with van der Waals surface area (Å²) >= 11 is 0. The fraction of sp³-hybridized carbons (Fsp3) is 0.917. The molecule has 0 aromatic heterocycles. The van der Waals surface area contributed by atoms with Crippen molar-refractivity contribution < 1.29 is 9.90 Å². The molecule has 3 aliphatic rings. The molecule has 0 unspecified atom stereocenters. The van der Waals surface area contributed by atoms with Crippen LogP contribution in [0.5, 0.6) is 0 Å². The van der Waals surface area contributed by atoms with Gasteiger partial charge in [0.2, 0.25) is 0 Å². The van der Waals surface area contributed by atoms with E-state index in [1.165, 1.54) is 6.42 Å². The summed E-state index contributed by atoms with van der Waals surface area (Å²) in [6.45, 7) is 4.58. The molecule has 4 atom stereocenters. The van der Waals surface area contributed by atoms with E-state index in [0.717, 1.165) is 6.42 Å². The molecule has 3 aliphatic carbocycles. The average Bonchev–Trinajstić information content (AvgIpc) is 2.16. The summed E-state index contributed by atoms with van der Waals surface area (Å²) in [4.78, 5) is 13.3. The van der Waals surface area contributed by atoms with Gasteiger partial charge in [-0.05, 0) is 44.2 Å². The topological polar surface area (TPSA) is 40.5 Å². The van der Waals surface area contributed by atoms with Gasteiger partial charge in [-0.1, -0.05) is 13.8 Å². The van der Waals surface area contributed by atoms with Crippen LogP contribution in [-0.4, -0.2) is 36.1 Å². The molecule has 3 nitrogen and oxygen atoms in total. The summed E-state index contributed by atoms with van der Waals surface area (Å²) in [5.41, 5.74) is 0.348. The van der Waals surface area contributed by atoms with Gasteiger partial charge in [-0.2, -0.15) is 0 Å². The first-order chi connectivity index (χ1) is 6.85. The summed E-state index contributed by atoms with van der Waals surface area (Å²) < 4.78 is 0. The van der Waals surface area contributed by atoms with E-state index >= 15 is 0 Å². The Morgan fingerprint density at radius 3 is 2.25 bits per heavy atom. The second-order valence-electron chi connectivity index (χ2n) is 6.00. The van der Waals surface area contributed by atoms with Gasteiger partial charge in [0.1, 0.15) is 0 Å². The fourth-order valence-corrected chi connectivity index (χ4v) is 3.73. The van der Waals surface area contributed by atoms with Crippen molar-refractivity contribution in [2.24, 2.45) is 23.2 Å². The van der Waals surface area contributed by atoms with Gasteiger partial charge in [0.15, 0.2) is 0 Å². The third-order valence-corrected chi connectivity index (χ3v) is 4.82. The zero-order chi connectivity index (χ0) is 11.4. The minimum Gasteiger partial charge on any atom is -0.481 e. The number of fused-ring (bicyclic) bond motifs is 2. The highest BCUT2D eigenvalue weighted by Gasteiger charge is 2.59. The van der Waals surface area contributed by atoms with Crippen LogP contribution in [0.25, 0.3) is 0 Å².